The van der Waals surface area contributed by atoms with Crippen LogP contribution in [0.5, 0.6) is 0 Å². The molecule has 0 aliphatic carbocycles. The normalized spacial score (nSPS) is 12.8. The van der Waals surface area contributed by atoms with Crippen molar-refractivity contribution in [2.75, 3.05) is 13.2 Å². The van der Waals surface area contributed by atoms with E-state index in [9.17, 15) is 14.4 Å². The largest absolute Gasteiger partial charge is 0.462 e. The van der Waals surface area contributed by atoms with Gasteiger partial charge in [-0.1, -0.05) is 202 Å². The zero-order chi connectivity index (χ0) is 44.4. The highest BCUT2D eigenvalue weighted by Gasteiger charge is 2.19. The summed E-state index contributed by atoms with van der Waals surface area (Å²) >= 11 is 0. The van der Waals surface area contributed by atoms with Crippen LogP contribution in [-0.4, -0.2) is 37.2 Å². The predicted octanol–water partition coefficient (Wildman–Crippen LogP) is 16.4. The second kappa shape index (κ2) is 49.2. The van der Waals surface area contributed by atoms with E-state index in [-0.39, 0.29) is 31.1 Å². The summed E-state index contributed by atoms with van der Waals surface area (Å²) in [5.74, 6) is -0.921. The van der Waals surface area contributed by atoms with Crippen molar-refractivity contribution in [2.24, 2.45) is 0 Å². The van der Waals surface area contributed by atoms with Crippen LogP contribution >= 0.6 is 0 Å². The Hall–Kier alpha value is -3.41. The lowest BCUT2D eigenvalue weighted by molar-refractivity contribution is -0.167. The molecule has 1 atom stereocenters. The number of hydrogen-bond acceptors (Lipinski definition) is 6. The molecule has 0 heterocycles. The quantitative estimate of drug-likeness (QED) is 0.0263. The molecule has 1 unspecified atom stereocenters. The highest BCUT2D eigenvalue weighted by molar-refractivity contribution is 5.71. The molecule has 0 aromatic carbocycles. The van der Waals surface area contributed by atoms with E-state index in [0.717, 1.165) is 122 Å². The molecule has 0 aliphatic heterocycles. The van der Waals surface area contributed by atoms with Crippen LogP contribution in [0, 0.1) is 0 Å². The van der Waals surface area contributed by atoms with Crippen LogP contribution in [0.3, 0.4) is 0 Å². The third-order valence-electron chi connectivity index (χ3n) is 10.4. The zero-order valence-corrected chi connectivity index (χ0v) is 39.7. The maximum Gasteiger partial charge on any atom is 0.306 e. The van der Waals surface area contributed by atoms with Gasteiger partial charge in [-0.3, -0.25) is 14.4 Å². The van der Waals surface area contributed by atoms with Gasteiger partial charge in [0.15, 0.2) is 6.10 Å². The summed E-state index contributed by atoms with van der Waals surface area (Å²) in [6.45, 7) is 6.41. The van der Waals surface area contributed by atoms with Crippen LogP contribution < -0.4 is 0 Å². The molecule has 0 radical (unpaired) electrons. The van der Waals surface area contributed by atoms with Gasteiger partial charge in [-0.2, -0.15) is 0 Å². The lowest BCUT2D eigenvalue weighted by atomic mass is 10.1. The standard InChI is InChI=1S/C55H92O6/c1-4-7-10-13-16-18-20-21-22-23-24-25-26-27-28-29-30-31-32-33-35-36-39-42-45-48-54(57)60-51-52(50-59-53(56)47-44-41-38-15-12-9-6-3)61-55(58)49-46-43-40-37-34-19-17-14-11-8-5-2/h7,10,14,16-18,21-22,24-25,27-28,30-31,52H,4-6,8-9,11-13,15,19-20,23,26,29,32-51H2,1-3H3/b10-7-,17-14-,18-16-,22-21-,25-24-,28-27-,31-30-. The van der Waals surface area contributed by atoms with E-state index in [2.05, 4.69) is 106 Å². The minimum atomic E-state index is -0.782. The minimum Gasteiger partial charge on any atom is -0.462 e. The van der Waals surface area contributed by atoms with Gasteiger partial charge in [0.25, 0.3) is 0 Å². The average Bonchev–Trinajstić information content (AvgIpc) is 3.26. The van der Waals surface area contributed by atoms with E-state index in [4.69, 9.17) is 14.2 Å². The fraction of sp³-hybridized carbons (Fsp3) is 0.691. The first-order valence-electron chi connectivity index (χ1n) is 25.1. The van der Waals surface area contributed by atoms with Crippen molar-refractivity contribution in [3.8, 4) is 0 Å². The van der Waals surface area contributed by atoms with Gasteiger partial charge in [0.2, 0.25) is 0 Å². The number of esters is 3. The highest BCUT2D eigenvalue weighted by Crippen LogP contribution is 2.13. The SMILES string of the molecule is CC/C=C\C/C=C\C/C=C\C/C=C\C/C=C\C/C=C\CCCCCCCCC(=O)OCC(COC(=O)CCCCCCCCC)OC(=O)CCCCCCC/C=C\CCCC. The number of allylic oxidation sites excluding steroid dienone is 14. The molecule has 0 aromatic heterocycles. The van der Waals surface area contributed by atoms with E-state index < -0.39 is 6.10 Å². The van der Waals surface area contributed by atoms with Crippen LogP contribution in [0.15, 0.2) is 85.1 Å². The molecule has 0 bridgehead atoms. The van der Waals surface area contributed by atoms with Crippen LogP contribution in [0.4, 0.5) is 0 Å². The zero-order valence-electron chi connectivity index (χ0n) is 39.7. The lowest BCUT2D eigenvalue weighted by Gasteiger charge is -2.18. The molecule has 0 saturated heterocycles. The number of unbranched alkanes of at least 4 members (excludes halogenated alkanes) is 19. The molecule has 61 heavy (non-hydrogen) atoms. The Balaban J connectivity index is 4.22. The van der Waals surface area contributed by atoms with Gasteiger partial charge in [0, 0.05) is 19.3 Å². The first-order chi connectivity index (χ1) is 30.0. The van der Waals surface area contributed by atoms with Gasteiger partial charge >= 0.3 is 17.9 Å². The van der Waals surface area contributed by atoms with Crippen molar-refractivity contribution in [1.29, 1.82) is 0 Å². The van der Waals surface area contributed by atoms with Crippen molar-refractivity contribution >= 4 is 17.9 Å². The summed E-state index contributed by atoms with van der Waals surface area (Å²) in [5.41, 5.74) is 0. The van der Waals surface area contributed by atoms with Crippen LogP contribution in [0.2, 0.25) is 0 Å². The Morgan fingerprint density at radius 2 is 0.656 bits per heavy atom. The Morgan fingerprint density at radius 1 is 0.344 bits per heavy atom. The summed E-state index contributed by atoms with van der Waals surface area (Å²) < 4.78 is 16.7. The van der Waals surface area contributed by atoms with Crippen molar-refractivity contribution in [1.82, 2.24) is 0 Å². The van der Waals surface area contributed by atoms with E-state index >= 15 is 0 Å². The summed E-state index contributed by atoms with van der Waals surface area (Å²) in [4.78, 5) is 37.7. The molecule has 6 heteroatoms. The molecule has 0 amide bonds. The Morgan fingerprint density at radius 3 is 1.07 bits per heavy atom. The maximum atomic E-state index is 12.7. The Kier molecular flexibility index (Phi) is 46.5. The second-order valence-electron chi connectivity index (χ2n) is 16.3. The summed E-state index contributed by atoms with van der Waals surface area (Å²) in [6, 6.07) is 0. The third-order valence-corrected chi connectivity index (χ3v) is 10.4. The number of ether oxygens (including phenoxy) is 3. The molecule has 0 spiro atoms. The van der Waals surface area contributed by atoms with Gasteiger partial charge in [-0.15, -0.1) is 0 Å². The molecule has 0 aromatic rings. The lowest BCUT2D eigenvalue weighted by Crippen LogP contribution is -2.30. The number of carbonyl (C=O) groups is 3. The van der Waals surface area contributed by atoms with Gasteiger partial charge in [-0.05, 0) is 89.9 Å². The van der Waals surface area contributed by atoms with Crippen molar-refractivity contribution in [3.05, 3.63) is 85.1 Å². The third kappa shape index (κ3) is 47.5. The van der Waals surface area contributed by atoms with Crippen molar-refractivity contribution in [3.63, 3.8) is 0 Å². The summed E-state index contributed by atoms with van der Waals surface area (Å²) in [6.07, 6.45) is 63.0. The van der Waals surface area contributed by atoms with Crippen molar-refractivity contribution < 1.29 is 28.6 Å². The van der Waals surface area contributed by atoms with E-state index in [1.165, 1.54) is 64.2 Å². The maximum absolute atomic E-state index is 12.7. The molecule has 0 N–H and O–H groups in total. The average molecular weight is 849 g/mol. The number of rotatable bonds is 44. The van der Waals surface area contributed by atoms with Crippen LogP contribution in [-0.2, 0) is 28.6 Å². The van der Waals surface area contributed by atoms with E-state index in [1.807, 2.05) is 0 Å². The summed E-state index contributed by atoms with van der Waals surface area (Å²) in [7, 11) is 0. The first-order valence-corrected chi connectivity index (χ1v) is 25.1. The molecular weight excluding hydrogens is 757 g/mol. The molecule has 0 aliphatic rings. The molecule has 0 rings (SSSR count). The molecule has 6 nitrogen and oxygen atoms in total. The van der Waals surface area contributed by atoms with Gasteiger partial charge < -0.3 is 14.2 Å². The molecule has 0 saturated carbocycles. The van der Waals surface area contributed by atoms with Gasteiger partial charge in [-0.25, -0.2) is 0 Å². The first kappa shape index (κ1) is 57.6. The van der Waals surface area contributed by atoms with Crippen LogP contribution in [0.1, 0.15) is 226 Å². The topological polar surface area (TPSA) is 78.9 Å². The smallest absolute Gasteiger partial charge is 0.306 e. The van der Waals surface area contributed by atoms with E-state index in [0.29, 0.717) is 19.3 Å². The highest BCUT2D eigenvalue weighted by atomic mass is 16.6. The fourth-order valence-corrected chi connectivity index (χ4v) is 6.60. The van der Waals surface area contributed by atoms with Crippen molar-refractivity contribution in [2.45, 2.75) is 232 Å². The molecular formula is C55H92O6. The van der Waals surface area contributed by atoms with Gasteiger partial charge in [0.1, 0.15) is 13.2 Å². The Bertz CT molecular complexity index is 1200. The molecule has 348 valence electrons. The monoisotopic (exact) mass is 849 g/mol. The van der Waals surface area contributed by atoms with Crippen LogP contribution in [0.25, 0.3) is 0 Å². The summed E-state index contributed by atoms with van der Waals surface area (Å²) in [5, 5.41) is 0. The number of hydrogen-bond donors (Lipinski definition) is 0. The fourth-order valence-electron chi connectivity index (χ4n) is 6.60. The Labute approximate surface area is 375 Å². The molecule has 0 fully saturated rings. The minimum absolute atomic E-state index is 0.0846. The van der Waals surface area contributed by atoms with Gasteiger partial charge in [0.05, 0.1) is 0 Å². The number of carbonyl (C=O) groups excluding carboxylic acids is 3. The van der Waals surface area contributed by atoms with E-state index in [1.54, 1.807) is 0 Å². The second-order valence-corrected chi connectivity index (χ2v) is 16.3. The predicted molar refractivity (Wildman–Crippen MR) is 261 cm³/mol.